The van der Waals surface area contributed by atoms with Crippen LogP contribution in [0.3, 0.4) is 0 Å². The monoisotopic (exact) mass is 403 g/mol. The van der Waals surface area contributed by atoms with Crippen LogP contribution in [0.15, 0.2) is 65.7 Å². The number of isothiocyanates is 1. The molecule has 0 atom stereocenters. The van der Waals surface area contributed by atoms with Gasteiger partial charge in [0.1, 0.15) is 11.6 Å². The topological polar surface area (TPSA) is 12.4 Å². The number of thiocarbonyl (C=S) groups is 1. The Morgan fingerprint density at radius 1 is 0.862 bits per heavy atom. The van der Waals surface area contributed by atoms with Crippen molar-refractivity contribution in [3.8, 4) is 23.0 Å². The van der Waals surface area contributed by atoms with Crippen molar-refractivity contribution in [2.75, 3.05) is 0 Å². The van der Waals surface area contributed by atoms with Gasteiger partial charge in [0.05, 0.1) is 16.4 Å². The lowest BCUT2D eigenvalue weighted by Gasteiger charge is -2.06. The molecule has 3 aromatic carbocycles. The van der Waals surface area contributed by atoms with Crippen molar-refractivity contribution in [1.29, 1.82) is 0 Å². The Morgan fingerprint density at radius 3 is 1.93 bits per heavy atom. The molecule has 0 saturated carbocycles. The quantitative estimate of drug-likeness (QED) is 0.251. The highest BCUT2D eigenvalue weighted by atomic mass is 32.1. The lowest BCUT2D eigenvalue weighted by atomic mass is 10.0. The minimum Gasteiger partial charge on any atom is -0.206 e. The van der Waals surface area contributed by atoms with E-state index < -0.39 is 11.6 Å². The van der Waals surface area contributed by atoms with Crippen LogP contribution in [-0.4, -0.2) is 5.16 Å². The Balaban J connectivity index is 1.78. The van der Waals surface area contributed by atoms with Gasteiger partial charge >= 0.3 is 0 Å². The molecule has 0 aromatic heterocycles. The van der Waals surface area contributed by atoms with Gasteiger partial charge in [0.15, 0.2) is 0 Å². The molecule has 0 aliphatic heterocycles. The minimum absolute atomic E-state index is 0.0990. The van der Waals surface area contributed by atoms with Crippen molar-refractivity contribution >= 4 is 23.1 Å². The molecule has 0 aliphatic carbocycles. The first-order chi connectivity index (χ1) is 14.1. The summed E-state index contributed by atoms with van der Waals surface area (Å²) in [5, 5.41) is 2.10. The first-order valence-electron chi connectivity index (χ1n) is 9.39. The van der Waals surface area contributed by atoms with Gasteiger partial charge in [-0.3, -0.25) is 0 Å². The third-order valence-electron chi connectivity index (χ3n) is 4.50. The van der Waals surface area contributed by atoms with Crippen LogP contribution < -0.4 is 0 Å². The Hall–Kier alpha value is -3.12. The number of aliphatic imine (C=N–C) groups is 1. The average molecular weight is 403 g/mol. The fraction of sp³-hybridized carbons (Fsp3) is 0.160. The summed E-state index contributed by atoms with van der Waals surface area (Å²) in [6, 6.07) is 17.3. The summed E-state index contributed by atoms with van der Waals surface area (Å²) in [6.07, 6.45) is 3.44. The van der Waals surface area contributed by atoms with E-state index in [0.29, 0.717) is 5.56 Å². The van der Waals surface area contributed by atoms with E-state index in [-0.39, 0.29) is 11.3 Å². The molecule has 0 heterocycles. The smallest absolute Gasteiger partial charge is 0.136 e. The highest BCUT2D eigenvalue weighted by molar-refractivity contribution is 7.78. The predicted octanol–water partition coefficient (Wildman–Crippen LogP) is 7.11. The van der Waals surface area contributed by atoms with Crippen molar-refractivity contribution in [1.82, 2.24) is 0 Å². The molecule has 0 radical (unpaired) electrons. The first-order valence-corrected chi connectivity index (χ1v) is 9.80. The Bertz CT molecular complexity index is 1080. The Labute approximate surface area is 175 Å². The number of halogens is 2. The molecule has 0 amide bonds. The van der Waals surface area contributed by atoms with Crippen LogP contribution in [0.5, 0.6) is 0 Å². The zero-order valence-electron chi connectivity index (χ0n) is 16.0. The van der Waals surface area contributed by atoms with Gasteiger partial charge in [-0.15, -0.1) is 0 Å². The van der Waals surface area contributed by atoms with Crippen molar-refractivity contribution in [2.24, 2.45) is 4.99 Å². The second kappa shape index (κ2) is 9.89. The lowest BCUT2D eigenvalue weighted by molar-refractivity contribution is 0.590. The molecule has 3 aromatic rings. The summed E-state index contributed by atoms with van der Waals surface area (Å²) in [5.74, 6) is 4.81. The molecule has 0 bridgehead atoms. The van der Waals surface area contributed by atoms with E-state index in [0.717, 1.165) is 29.7 Å². The molecule has 0 fully saturated rings. The minimum atomic E-state index is -0.698. The van der Waals surface area contributed by atoms with Gasteiger partial charge in [-0.05, 0) is 60.5 Å². The number of hydrogen-bond donors (Lipinski definition) is 0. The van der Waals surface area contributed by atoms with E-state index in [1.807, 2.05) is 12.1 Å². The molecule has 29 heavy (non-hydrogen) atoms. The largest absolute Gasteiger partial charge is 0.206 e. The fourth-order valence-corrected chi connectivity index (χ4v) is 3.06. The maximum Gasteiger partial charge on any atom is 0.136 e. The maximum absolute atomic E-state index is 14.3. The fourth-order valence-electron chi connectivity index (χ4n) is 2.95. The average Bonchev–Trinajstić information content (AvgIpc) is 2.72. The molecule has 0 spiro atoms. The molecule has 0 saturated heterocycles. The van der Waals surface area contributed by atoms with Gasteiger partial charge in [0.2, 0.25) is 0 Å². The first kappa shape index (κ1) is 20.6. The maximum atomic E-state index is 14.3. The van der Waals surface area contributed by atoms with E-state index in [2.05, 4.69) is 53.3 Å². The SMILES string of the molecule is CCCCc1ccc(C#Cc2ccc(-c3c(F)cc(N=C=S)cc3F)cc2)cc1. The number of hydrogen-bond acceptors (Lipinski definition) is 2. The summed E-state index contributed by atoms with van der Waals surface area (Å²) in [4.78, 5) is 3.62. The number of nitrogens with zero attached hydrogens (tertiary/aromatic N) is 1. The summed E-state index contributed by atoms with van der Waals surface area (Å²) in [6.45, 7) is 2.18. The molecule has 1 nitrogen and oxygen atoms in total. The molecule has 0 aliphatic rings. The second-order valence-electron chi connectivity index (χ2n) is 6.62. The van der Waals surface area contributed by atoms with E-state index >= 15 is 0 Å². The zero-order valence-corrected chi connectivity index (χ0v) is 16.8. The van der Waals surface area contributed by atoms with Gasteiger partial charge in [-0.1, -0.05) is 49.5 Å². The van der Waals surface area contributed by atoms with Gasteiger partial charge in [0, 0.05) is 23.3 Å². The predicted molar refractivity (Wildman–Crippen MR) is 118 cm³/mol. The molecule has 0 N–H and O–H groups in total. The third kappa shape index (κ3) is 5.45. The van der Waals surface area contributed by atoms with Crippen LogP contribution in [0.4, 0.5) is 14.5 Å². The van der Waals surface area contributed by atoms with Crippen LogP contribution in [0, 0.1) is 23.5 Å². The van der Waals surface area contributed by atoms with Crippen LogP contribution >= 0.6 is 12.2 Å². The Morgan fingerprint density at radius 2 is 1.41 bits per heavy atom. The van der Waals surface area contributed by atoms with Crippen LogP contribution in [0.25, 0.3) is 11.1 Å². The van der Waals surface area contributed by atoms with Crippen molar-refractivity contribution in [3.05, 3.63) is 89.0 Å². The van der Waals surface area contributed by atoms with Crippen LogP contribution in [0.1, 0.15) is 36.5 Å². The molecule has 4 heteroatoms. The zero-order chi connectivity index (χ0) is 20.6. The van der Waals surface area contributed by atoms with Crippen molar-refractivity contribution in [3.63, 3.8) is 0 Å². The number of rotatable bonds is 5. The van der Waals surface area contributed by atoms with Crippen LogP contribution in [0.2, 0.25) is 0 Å². The lowest BCUT2D eigenvalue weighted by Crippen LogP contribution is -1.90. The van der Waals surface area contributed by atoms with Gasteiger partial charge in [-0.25, -0.2) is 8.78 Å². The second-order valence-corrected chi connectivity index (χ2v) is 6.80. The van der Waals surface area contributed by atoms with E-state index in [1.54, 1.807) is 24.3 Å². The third-order valence-corrected chi connectivity index (χ3v) is 4.59. The number of aryl methyl sites for hydroxylation is 1. The van der Waals surface area contributed by atoms with E-state index in [1.165, 1.54) is 18.4 Å². The molecule has 144 valence electrons. The summed E-state index contributed by atoms with van der Waals surface area (Å²) >= 11 is 4.47. The van der Waals surface area contributed by atoms with E-state index in [9.17, 15) is 8.78 Å². The van der Waals surface area contributed by atoms with Crippen molar-refractivity contribution < 1.29 is 8.78 Å². The standard InChI is InChI=1S/C25H19F2NS/c1-2-3-4-18-5-7-19(8-6-18)9-10-20-11-13-21(14-12-20)25-23(26)15-22(28-17-29)16-24(25)27/h5-8,11-16H,2-4H2,1H3. The molecule has 0 unspecified atom stereocenters. The normalized spacial score (nSPS) is 10.0. The molecular formula is C25H19F2NS. The van der Waals surface area contributed by atoms with E-state index in [4.69, 9.17) is 0 Å². The molecular weight excluding hydrogens is 384 g/mol. The van der Waals surface area contributed by atoms with Gasteiger partial charge in [-0.2, -0.15) is 4.99 Å². The Kier molecular flexibility index (Phi) is 7.03. The highest BCUT2D eigenvalue weighted by Gasteiger charge is 2.13. The summed E-state index contributed by atoms with van der Waals surface area (Å²) < 4.78 is 28.6. The number of benzene rings is 3. The summed E-state index contributed by atoms with van der Waals surface area (Å²) in [5.41, 5.74) is 3.45. The van der Waals surface area contributed by atoms with Gasteiger partial charge in [0.25, 0.3) is 0 Å². The van der Waals surface area contributed by atoms with Gasteiger partial charge < -0.3 is 0 Å². The summed E-state index contributed by atoms with van der Waals surface area (Å²) in [7, 11) is 0. The van der Waals surface area contributed by atoms with Crippen molar-refractivity contribution in [2.45, 2.75) is 26.2 Å². The highest BCUT2D eigenvalue weighted by Crippen LogP contribution is 2.30. The molecule has 3 rings (SSSR count). The van der Waals surface area contributed by atoms with Crippen LogP contribution in [-0.2, 0) is 6.42 Å². The number of unbranched alkanes of at least 4 members (excludes halogenated alkanes) is 1.